The summed E-state index contributed by atoms with van der Waals surface area (Å²) in [5.74, 6) is 0.671. The van der Waals surface area contributed by atoms with Crippen LogP contribution in [0.1, 0.15) is 42.7 Å². The zero-order valence-corrected chi connectivity index (χ0v) is 15.6. The van der Waals surface area contributed by atoms with Crippen LogP contribution < -0.4 is 9.64 Å². The lowest BCUT2D eigenvalue weighted by atomic mass is 10.0. The van der Waals surface area contributed by atoms with Gasteiger partial charge in [0, 0.05) is 25.2 Å². The van der Waals surface area contributed by atoms with Gasteiger partial charge in [0.1, 0.15) is 17.7 Å². The maximum absolute atomic E-state index is 12.6. The van der Waals surface area contributed by atoms with Gasteiger partial charge in [-0.3, -0.25) is 0 Å². The van der Waals surface area contributed by atoms with Crippen LogP contribution in [0.25, 0.3) is 0 Å². The summed E-state index contributed by atoms with van der Waals surface area (Å²) in [4.78, 5) is 5.68. The summed E-state index contributed by atoms with van der Waals surface area (Å²) >= 11 is 0. The van der Waals surface area contributed by atoms with Gasteiger partial charge in [-0.2, -0.15) is 23.5 Å². The number of nitrogens with zero attached hydrogens (tertiary/aromatic N) is 5. The first kappa shape index (κ1) is 19.9. The summed E-state index contributed by atoms with van der Waals surface area (Å²) in [6.45, 7) is 5.03. The Bertz CT molecular complexity index is 877. The molecule has 0 bridgehead atoms. The minimum absolute atomic E-state index is 0.141. The van der Waals surface area contributed by atoms with Crippen molar-refractivity contribution in [3.8, 4) is 11.9 Å². The van der Waals surface area contributed by atoms with E-state index in [-0.39, 0.29) is 12.0 Å². The molecule has 3 heterocycles. The van der Waals surface area contributed by atoms with Gasteiger partial charge < -0.3 is 9.64 Å². The monoisotopic (exact) mass is 391 g/mol. The van der Waals surface area contributed by atoms with Crippen molar-refractivity contribution < 1.29 is 17.9 Å². The number of alkyl halides is 3. The van der Waals surface area contributed by atoms with Crippen LogP contribution in [0.2, 0.25) is 0 Å². The molecule has 0 aliphatic carbocycles. The van der Waals surface area contributed by atoms with Crippen molar-refractivity contribution in [2.24, 2.45) is 0 Å². The van der Waals surface area contributed by atoms with Crippen LogP contribution in [0.5, 0.6) is 5.88 Å². The molecule has 1 aliphatic heterocycles. The Morgan fingerprint density at radius 1 is 1.25 bits per heavy atom. The Morgan fingerprint density at radius 2 is 2.04 bits per heavy atom. The molecule has 0 aromatic carbocycles. The fourth-order valence-electron chi connectivity index (χ4n) is 3.31. The van der Waals surface area contributed by atoms with E-state index in [1.807, 2.05) is 18.7 Å². The van der Waals surface area contributed by atoms with E-state index < -0.39 is 11.7 Å². The van der Waals surface area contributed by atoms with Crippen LogP contribution in [-0.2, 0) is 19.0 Å². The largest absolute Gasteiger partial charge is 0.472 e. The van der Waals surface area contributed by atoms with Gasteiger partial charge in [-0.05, 0) is 24.5 Å². The van der Waals surface area contributed by atoms with Crippen LogP contribution in [0.15, 0.2) is 18.3 Å². The minimum atomic E-state index is -4.43. The smallest absolute Gasteiger partial charge is 0.417 e. The second-order valence-electron chi connectivity index (χ2n) is 6.50. The summed E-state index contributed by atoms with van der Waals surface area (Å²) in [6.07, 6.45) is -1.88. The first-order chi connectivity index (χ1) is 13.4. The maximum Gasteiger partial charge on any atom is 0.417 e. The lowest BCUT2D eigenvalue weighted by Gasteiger charge is -2.20. The molecule has 0 radical (unpaired) electrons. The molecular weight excluding hydrogens is 371 g/mol. The van der Waals surface area contributed by atoms with Gasteiger partial charge in [0.15, 0.2) is 5.82 Å². The molecule has 0 N–H and O–H groups in total. The second kappa shape index (κ2) is 8.00. The number of halogens is 3. The third-order valence-corrected chi connectivity index (χ3v) is 4.74. The third kappa shape index (κ3) is 4.01. The van der Waals surface area contributed by atoms with Gasteiger partial charge >= 0.3 is 6.18 Å². The number of nitriles is 1. The molecule has 28 heavy (non-hydrogen) atoms. The minimum Gasteiger partial charge on any atom is -0.472 e. The number of anilines is 1. The summed E-state index contributed by atoms with van der Waals surface area (Å²) in [5, 5.41) is 18.1. The van der Waals surface area contributed by atoms with E-state index in [4.69, 9.17) is 4.74 Å². The topological polar surface area (TPSA) is 74.9 Å². The van der Waals surface area contributed by atoms with E-state index >= 15 is 0 Å². The number of aryl methyl sites for hydroxylation is 1. The average Bonchev–Trinajstić information content (AvgIpc) is 3.14. The van der Waals surface area contributed by atoms with Gasteiger partial charge in [-0.25, -0.2) is 4.98 Å². The summed E-state index contributed by atoms with van der Waals surface area (Å²) in [6, 6.07) is 4.42. The molecule has 1 unspecified atom stereocenters. The Balaban J connectivity index is 1.73. The lowest BCUT2D eigenvalue weighted by molar-refractivity contribution is -0.137. The number of hydrogen-bond donors (Lipinski definition) is 0. The predicted octanol–water partition coefficient (Wildman–Crippen LogP) is 3.54. The summed E-state index contributed by atoms with van der Waals surface area (Å²) < 4.78 is 43.6. The lowest BCUT2D eigenvalue weighted by Crippen LogP contribution is -2.27. The number of hydrogen-bond acceptors (Lipinski definition) is 6. The molecule has 0 amide bonds. The van der Waals surface area contributed by atoms with E-state index in [9.17, 15) is 18.4 Å². The molecule has 1 saturated heterocycles. The Morgan fingerprint density at radius 3 is 2.61 bits per heavy atom. The zero-order valence-electron chi connectivity index (χ0n) is 15.6. The molecule has 6 nitrogen and oxygen atoms in total. The van der Waals surface area contributed by atoms with Crippen molar-refractivity contribution in [2.45, 2.75) is 45.4 Å². The predicted molar refractivity (Wildman–Crippen MR) is 96.0 cm³/mol. The molecule has 0 spiro atoms. The third-order valence-electron chi connectivity index (χ3n) is 4.74. The molecule has 1 aliphatic rings. The van der Waals surface area contributed by atoms with E-state index in [0.717, 1.165) is 23.5 Å². The molecule has 0 saturated carbocycles. The Hall–Kier alpha value is -2.89. The van der Waals surface area contributed by atoms with E-state index in [1.165, 1.54) is 6.07 Å². The molecule has 148 valence electrons. The molecule has 9 heteroatoms. The first-order valence-electron chi connectivity index (χ1n) is 9.10. The van der Waals surface area contributed by atoms with Gasteiger partial charge in [0.25, 0.3) is 0 Å². The molecule has 3 rings (SSSR count). The quantitative estimate of drug-likeness (QED) is 0.776. The van der Waals surface area contributed by atoms with Gasteiger partial charge in [0.05, 0.1) is 17.8 Å². The average molecular weight is 391 g/mol. The van der Waals surface area contributed by atoms with Gasteiger partial charge in [-0.1, -0.05) is 13.8 Å². The molecular formula is C19H20F3N5O. The van der Waals surface area contributed by atoms with E-state index in [2.05, 4.69) is 21.3 Å². The Kier molecular flexibility index (Phi) is 5.68. The molecule has 1 fully saturated rings. The summed E-state index contributed by atoms with van der Waals surface area (Å²) in [7, 11) is 0. The van der Waals surface area contributed by atoms with Crippen molar-refractivity contribution >= 4 is 5.82 Å². The van der Waals surface area contributed by atoms with Crippen molar-refractivity contribution in [2.75, 3.05) is 18.0 Å². The summed E-state index contributed by atoms with van der Waals surface area (Å²) in [5.41, 5.74) is 1.44. The molecule has 2 aromatic rings. The van der Waals surface area contributed by atoms with Crippen LogP contribution >= 0.6 is 0 Å². The van der Waals surface area contributed by atoms with Crippen LogP contribution in [-0.4, -0.2) is 34.4 Å². The highest BCUT2D eigenvalue weighted by Gasteiger charge is 2.32. The SMILES string of the molecule is CCc1nnc(N2CCC(Oc3ccc(C(F)(F)F)cn3)C2)c(C#N)c1CC. The number of aromatic nitrogens is 3. The molecule has 2 aromatic heterocycles. The fraction of sp³-hybridized carbons (Fsp3) is 0.474. The highest BCUT2D eigenvalue weighted by molar-refractivity contribution is 5.58. The van der Waals surface area contributed by atoms with Gasteiger partial charge in [0.2, 0.25) is 5.88 Å². The maximum atomic E-state index is 12.6. The van der Waals surface area contributed by atoms with Crippen molar-refractivity contribution in [3.05, 3.63) is 40.7 Å². The first-order valence-corrected chi connectivity index (χ1v) is 9.10. The fourth-order valence-corrected chi connectivity index (χ4v) is 3.31. The van der Waals surface area contributed by atoms with Crippen LogP contribution in [0, 0.1) is 11.3 Å². The highest BCUT2D eigenvalue weighted by atomic mass is 19.4. The van der Waals surface area contributed by atoms with Crippen LogP contribution in [0.4, 0.5) is 19.0 Å². The van der Waals surface area contributed by atoms with Crippen molar-refractivity contribution in [3.63, 3.8) is 0 Å². The van der Waals surface area contributed by atoms with Crippen LogP contribution in [0.3, 0.4) is 0 Å². The van der Waals surface area contributed by atoms with Crippen molar-refractivity contribution in [1.29, 1.82) is 5.26 Å². The second-order valence-corrected chi connectivity index (χ2v) is 6.50. The Labute approximate surface area is 161 Å². The number of ether oxygens (including phenoxy) is 1. The highest BCUT2D eigenvalue weighted by Crippen LogP contribution is 2.30. The van der Waals surface area contributed by atoms with Gasteiger partial charge in [-0.15, -0.1) is 5.10 Å². The van der Waals surface area contributed by atoms with Crippen molar-refractivity contribution in [1.82, 2.24) is 15.2 Å². The normalized spacial score (nSPS) is 16.9. The standard InChI is InChI=1S/C19H20F3N5O/c1-3-14-15(9-23)18(26-25-16(14)4-2)27-8-7-13(11-27)28-17-6-5-12(10-24-17)19(20,21)22/h5-6,10,13H,3-4,7-8,11H2,1-2H3. The number of pyridine rings is 1. The number of rotatable bonds is 5. The molecule has 1 atom stereocenters. The zero-order chi connectivity index (χ0) is 20.3. The van der Waals surface area contributed by atoms with E-state index in [1.54, 1.807) is 0 Å². The van der Waals surface area contributed by atoms with E-state index in [0.29, 0.717) is 43.7 Å².